The van der Waals surface area contributed by atoms with Crippen LogP contribution in [0.15, 0.2) is 35.3 Å². The van der Waals surface area contributed by atoms with Gasteiger partial charge in [0.25, 0.3) is 5.56 Å². The minimum absolute atomic E-state index is 0.141. The fourth-order valence-corrected chi connectivity index (χ4v) is 2.68. The Morgan fingerprint density at radius 3 is 2.70 bits per heavy atom. The van der Waals surface area contributed by atoms with Gasteiger partial charge in [-0.2, -0.15) is 0 Å². The molecule has 4 nitrogen and oxygen atoms in total. The van der Waals surface area contributed by atoms with E-state index < -0.39 is 11.6 Å². The van der Waals surface area contributed by atoms with Gasteiger partial charge in [-0.3, -0.25) is 9.59 Å². The van der Waals surface area contributed by atoms with Crippen molar-refractivity contribution in [2.24, 2.45) is 13.0 Å². The van der Waals surface area contributed by atoms with E-state index in [1.807, 2.05) is 0 Å². The highest BCUT2D eigenvalue weighted by Gasteiger charge is 2.44. The zero-order valence-corrected chi connectivity index (χ0v) is 12.8. The number of aromatic nitrogens is 1. The Morgan fingerprint density at radius 2 is 2.00 bits per heavy atom. The summed E-state index contributed by atoms with van der Waals surface area (Å²) in [7, 11) is 1.61. The Morgan fingerprint density at radius 1 is 1.26 bits per heavy atom. The number of aryl methyl sites for hydroxylation is 2. The van der Waals surface area contributed by atoms with Crippen molar-refractivity contribution in [3.05, 3.63) is 63.6 Å². The monoisotopic (exact) mass is 318 g/mol. The van der Waals surface area contributed by atoms with Gasteiger partial charge < -0.3 is 9.88 Å². The molecule has 1 saturated carbocycles. The molecule has 23 heavy (non-hydrogen) atoms. The first-order valence-corrected chi connectivity index (χ1v) is 7.30. The van der Waals surface area contributed by atoms with Crippen molar-refractivity contribution in [3.8, 4) is 0 Å². The Bertz CT molecular complexity index is 845. The van der Waals surface area contributed by atoms with Crippen LogP contribution in [-0.2, 0) is 11.8 Å². The van der Waals surface area contributed by atoms with Gasteiger partial charge >= 0.3 is 0 Å². The molecule has 3 rings (SSSR count). The number of benzene rings is 1. The standard InChI is InChI=1S/C17H16F2N2O2/c1-9-5-6-21(2)17(23)15(9)20-16(22)12-8-11(12)10-3-4-13(18)14(19)7-10/h3-7,11-12H,8H2,1-2H3,(H,20,22)/t11-,12+/m0/s1. The number of carbonyl (C=O) groups is 1. The summed E-state index contributed by atoms with van der Waals surface area (Å²) in [4.78, 5) is 24.4. The van der Waals surface area contributed by atoms with Gasteiger partial charge in [-0.1, -0.05) is 6.07 Å². The predicted octanol–water partition coefficient (Wildman–Crippen LogP) is 2.71. The number of hydrogen-bond donors (Lipinski definition) is 1. The van der Waals surface area contributed by atoms with Crippen LogP contribution >= 0.6 is 0 Å². The summed E-state index contributed by atoms with van der Waals surface area (Å²) >= 11 is 0. The Balaban J connectivity index is 1.75. The number of pyridine rings is 1. The van der Waals surface area contributed by atoms with Crippen molar-refractivity contribution in [2.75, 3.05) is 5.32 Å². The van der Waals surface area contributed by atoms with Crippen LogP contribution in [0.1, 0.15) is 23.5 Å². The highest BCUT2D eigenvalue weighted by Crippen LogP contribution is 2.48. The second-order valence-electron chi connectivity index (χ2n) is 5.90. The SMILES string of the molecule is Cc1ccn(C)c(=O)c1NC(=O)[C@@H]1C[C@H]1c1ccc(F)c(F)c1. The van der Waals surface area contributed by atoms with Crippen LogP contribution in [0.25, 0.3) is 0 Å². The summed E-state index contributed by atoms with van der Waals surface area (Å²) in [6.45, 7) is 1.75. The number of nitrogens with zero attached hydrogens (tertiary/aromatic N) is 1. The Labute approximate surface area is 131 Å². The molecule has 1 N–H and O–H groups in total. The molecule has 1 fully saturated rings. The van der Waals surface area contributed by atoms with E-state index in [0.29, 0.717) is 17.5 Å². The highest BCUT2D eigenvalue weighted by molar-refractivity contribution is 5.95. The normalized spacial score (nSPS) is 19.5. The molecule has 2 atom stereocenters. The molecule has 0 spiro atoms. The van der Waals surface area contributed by atoms with E-state index in [-0.39, 0.29) is 29.0 Å². The van der Waals surface area contributed by atoms with Gasteiger partial charge in [0.1, 0.15) is 5.69 Å². The van der Waals surface area contributed by atoms with E-state index in [9.17, 15) is 18.4 Å². The number of rotatable bonds is 3. The fourth-order valence-electron chi connectivity index (χ4n) is 2.68. The maximum Gasteiger partial charge on any atom is 0.274 e. The maximum absolute atomic E-state index is 13.3. The number of nitrogens with one attached hydrogen (secondary N) is 1. The predicted molar refractivity (Wildman–Crippen MR) is 82.3 cm³/mol. The van der Waals surface area contributed by atoms with Crippen molar-refractivity contribution < 1.29 is 13.6 Å². The molecule has 6 heteroatoms. The summed E-state index contributed by atoms with van der Waals surface area (Å²) in [5, 5.41) is 2.67. The molecule has 0 bridgehead atoms. The third-order valence-electron chi connectivity index (χ3n) is 4.22. The first kappa shape index (κ1) is 15.4. The second kappa shape index (κ2) is 5.61. The van der Waals surface area contributed by atoms with Crippen molar-refractivity contribution in [1.29, 1.82) is 0 Å². The van der Waals surface area contributed by atoms with Crippen LogP contribution in [0, 0.1) is 24.5 Å². The van der Waals surface area contributed by atoms with Gasteiger partial charge in [0.05, 0.1) is 0 Å². The first-order valence-electron chi connectivity index (χ1n) is 7.30. The molecule has 1 heterocycles. The lowest BCUT2D eigenvalue weighted by Crippen LogP contribution is -2.26. The van der Waals surface area contributed by atoms with E-state index in [1.165, 1.54) is 10.6 Å². The lowest BCUT2D eigenvalue weighted by molar-refractivity contribution is -0.117. The summed E-state index contributed by atoms with van der Waals surface area (Å²) in [6, 6.07) is 5.43. The average Bonchev–Trinajstić information content (AvgIpc) is 3.31. The second-order valence-corrected chi connectivity index (χ2v) is 5.90. The molecule has 0 radical (unpaired) electrons. The average molecular weight is 318 g/mol. The zero-order chi connectivity index (χ0) is 16.7. The number of anilines is 1. The topological polar surface area (TPSA) is 51.1 Å². The van der Waals surface area contributed by atoms with Gasteiger partial charge in [-0.15, -0.1) is 0 Å². The lowest BCUT2D eigenvalue weighted by atomic mass is 10.1. The first-order chi connectivity index (χ1) is 10.9. The van der Waals surface area contributed by atoms with Crippen molar-refractivity contribution in [3.63, 3.8) is 0 Å². The summed E-state index contributed by atoms with van der Waals surface area (Å²) in [5.41, 5.74) is 1.27. The molecule has 1 aromatic carbocycles. The molecular formula is C17H16F2N2O2. The molecule has 0 unspecified atom stereocenters. The Hall–Kier alpha value is -2.50. The lowest BCUT2D eigenvalue weighted by Gasteiger charge is -2.09. The third-order valence-corrected chi connectivity index (χ3v) is 4.22. The molecule has 1 aliphatic carbocycles. The number of hydrogen-bond acceptors (Lipinski definition) is 2. The minimum atomic E-state index is -0.915. The van der Waals surface area contributed by atoms with Crippen LogP contribution in [0.2, 0.25) is 0 Å². The molecule has 0 aliphatic heterocycles. The van der Waals surface area contributed by atoms with E-state index in [2.05, 4.69) is 5.32 Å². The molecule has 120 valence electrons. The quantitative estimate of drug-likeness (QED) is 0.946. The molecule has 1 aliphatic rings. The van der Waals surface area contributed by atoms with Crippen LogP contribution in [0.4, 0.5) is 14.5 Å². The van der Waals surface area contributed by atoms with Gasteiger partial charge in [0, 0.05) is 19.2 Å². The maximum atomic E-state index is 13.3. The highest BCUT2D eigenvalue weighted by atomic mass is 19.2. The number of amides is 1. The van der Waals surface area contributed by atoms with Gasteiger partial charge in [0.2, 0.25) is 5.91 Å². The minimum Gasteiger partial charge on any atom is -0.321 e. The smallest absolute Gasteiger partial charge is 0.274 e. The van der Waals surface area contributed by atoms with E-state index in [4.69, 9.17) is 0 Å². The Kier molecular flexibility index (Phi) is 3.75. The van der Waals surface area contributed by atoms with E-state index in [1.54, 1.807) is 26.2 Å². The number of halogens is 2. The zero-order valence-electron chi connectivity index (χ0n) is 12.8. The van der Waals surface area contributed by atoms with Crippen LogP contribution in [-0.4, -0.2) is 10.5 Å². The largest absolute Gasteiger partial charge is 0.321 e. The van der Waals surface area contributed by atoms with Crippen LogP contribution < -0.4 is 10.9 Å². The van der Waals surface area contributed by atoms with Crippen molar-refractivity contribution in [1.82, 2.24) is 4.57 Å². The molecule has 0 saturated heterocycles. The molecule has 1 aromatic heterocycles. The van der Waals surface area contributed by atoms with Gasteiger partial charge in [-0.05, 0) is 48.6 Å². The molecular weight excluding hydrogens is 302 g/mol. The summed E-state index contributed by atoms with van der Waals surface area (Å²) in [6.07, 6.45) is 2.19. The van der Waals surface area contributed by atoms with Crippen molar-refractivity contribution >= 4 is 11.6 Å². The van der Waals surface area contributed by atoms with Crippen LogP contribution in [0.3, 0.4) is 0 Å². The fraction of sp³-hybridized carbons (Fsp3) is 0.294. The van der Waals surface area contributed by atoms with E-state index in [0.717, 1.165) is 12.1 Å². The van der Waals surface area contributed by atoms with Crippen molar-refractivity contribution in [2.45, 2.75) is 19.3 Å². The van der Waals surface area contributed by atoms with Gasteiger partial charge in [-0.25, -0.2) is 8.78 Å². The molecule has 2 aromatic rings. The van der Waals surface area contributed by atoms with E-state index >= 15 is 0 Å². The van der Waals surface area contributed by atoms with Crippen LogP contribution in [0.5, 0.6) is 0 Å². The summed E-state index contributed by atoms with van der Waals surface area (Å²) in [5.74, 6) is -2.56. The molecule has 1 amide bonds. The number of carbonyl (C=O) groups excluding carboxylic acids is 1. The third kappa shape index (κ3) is 2.88. The van der Waals surface area contributed by atoms with Gasteiger partial charge in [0.15, 0.2) is 11.6 Å². The summed E-state index contributed by atoms with van der Waals surface area (Å²) < 4.78 is 27.6.